The molecule has 0 saturated heterocycles. The van der Waals surface area contributed by atoms with Crippen molar-refractivity contribution in [2.24, 2.45) is 0 Å². The van der Waals surface area contributed by atoms with Crippen molar-refractivity contribution in [3.63, 3.8) is 0 Å². The van der Waals surface area contributed by atoms with Crippen molar-refractivity contribution in [1.82, 2.24) is 10.6 Å². The van der Waals surface area contributed by atoms with Crippen molar-refractivity contribution in [2.45, 2.75) is 38.3 Å². The number of urea groups is 1. The van der Waals surface area contributed by atoms with Crippen molar-refractivity contribution < 1.29 is 14.3 Å². The maximum atomic E-state index is 12.2. The van der Waals surface area contributed by atoms with E-state index in [0.29, 0.717) is 18.0 Å². The van der Waals surface area contributed by atoms with Crippen LogP contribution in [-0.4, -0.2) is 18.5 Å². The standard InChI is InChI=1S/C21H23N3O3/c1-13(17-8-9-19-18(10-17)24-20(25)12-27-19)23-21(26)22-11-14-2-4-15(5-3-14)16-6-7-16/h2-5,8-10,13,16H,6-7,11-12H2,1H3,(H,24,25)(H2,22,23,26)/t13-/m1/s1. The highest BCUT2D eigenvalue weighted by Crippen LogP contribution is 2.39. The third-order valence-corrected chi connectivity index (χ3v) is 4.97. The van der Waals surface area contributed by atoms with Gasteiger partial charge in [0.15, 0.2) is 6.61 Å². The topological polar surface area (TPSA) is 79.5 Å². The fourth-order valence-electron chi connectivity index (χ4n) is 3.21. The second-order valence-electron chi connectivity index (χ2n) is 7.16. The van der Waals surface area contributed by atoms with Gasteiger partial charge in [-0.2, -0.15) is 0 Å². The molecule has 140 valence electrons. The van der Waals surface area contributed by atoms with Gasteiger partial charge < -0.3 is 20.7 Å². The van der Waals surface area contributed by atoms with Gasteiger partial charge in [0, 0.05) is 6.54 Å². The van der Waals surface area contributed by atoms with Crippen LogP contribution in [0.25, 0.3) is 0 Å². The van der Waals surface area contributed by atoms with Crippen LogP contribution in [0, 0.1) is 0 Å². The number of ether oxygens (including phenoxy) is 1. The predicted octanol–water partition coefficient (Wildman–Crippen LogP) is 3.46. The van der Waals surface area contributed by atoms with Crippen LogP contribution in [0.1, 0.15) is 48.4 Å². The summed E-state index contributed by atoms with van der Waals surface area (Å²) in [6.45, 7) is 2.42. The third kappa shape index (κ3) is 4.22. The molecule has 1 aliphatic carbocycles. The zero-order chi connectivity index (χ0) is 18.8. The molecule has 6 nitrogen and oxygen atoms in total. The Labute approximate surface area is 158 Å². The molecule has 2 aromatic rings. The number of nitrogens with one attached hydrogen (secondary N) is 3. The molecule has 1 aliphatic heterocycles. The average molecular weight is 365 g/mol. The number of anilines is 1. The van der Waals surface area contributed by atoms with Gasteiger partial charge >= 0.3 is 6.03 Å². The van der Waals surface area contributed by atoms with Gasteiger partial charge in [-0.05, 0) is 54.5 Å². The zero-order valence-electron chi connectivity index (χ0n) is 15.2. The second kappa shape index (κ2) is 7.31. The molecule has 2 aromatic carbocycles. The second-order valence-corrected chi connectivity index (χ2v) is 7.16. The Morgan fingerprint density at radius 3 is 2.74 bits per heavy atom. The van der Waals surface area contributed by atoms with E-state index in [9.17, 15) is 9.59 Å². The molecule has 1 fully saturated rings. The third-order valence-electron chi connectivity index (χ3n) is 4.97. The van der Waals surface area contributed by atoms with Crippen LogP contribution in [0.5, 0.6) is 5.75 Å². The first kappa shape index (κ1) is 17.4. The number of carbonyl (C=O) groups is 2. The Morgan fingerprint density at radius 1 is 1.22 bits per heavy atom. The largest absolute Gasteiger partial charge is 0.482 e. The van der Waals surface area contributed by atoms with Crippen molar-refractivity contribution in [3.8, 4) is 5.75 Å². The number of rotatable bonds is 5. The minimum absolute atomic E-state index is 0.0319. The van der Waals surface area contributed by atoms with Crippen LogP contribution < -0.4 is 20.7 Å². The Balaban J connectivity index is 1.31. The van der Waals surface area contributed by atoms with Gasteiger partial charge in [0.2, 0.25) is 0 Å². The van der Waals surface area contributed by atoms with Gasteiger partial charge in [-0.25, -0.2) is 4.79 Å². The molecule has 0 spiro atoms. The van der Waals surface area contributed by atoms with Gasteiger partial charge in [-0.15, -0.1) is 0 Å². The predicted molar refractivity (Wildman–Crippen MR) is 103 cm³/mol. The van der Waals surface area contributed by atoms with Crippen molar-refractivity contribution in [1.29, 1.82) is 0 Å². The number of hydrogen-bond acceptors (Lipinski definition) is 3. The Hall–Kier alpha value is -3.02. The summed E-state index contributed by atoms with van der Waals surface area (Å²) in [6, 6.07) is 13.5. The summed E-state index contributed by atoms with van der Waals surface area (Å²) in [7, 11) is 0. The van der Waals surface area contributed by atoms with E-state index in [1.807, 2.05) is 25.1 Å². The summed E-state index contributed by atoms with van der Waals surface area (Å²) in [5.41, 5.74) is 3.99. The smallest absolute Gasteiger partial charge is 0.315 e. The van der Waals surface area contributed by atoms with E-state index >= 15 is 0 Å². The molecule has 1 atom stereocenters. The summed E-state index contributed by atoms with van der Waals surface area (Å²) in [6.07, 6.45) is 2.58. The molecule has 0 unspecified atom stereocenters. The lowest BCUT2D eigenvalue weighted by atomic mass is 10.1. The number of fused-ring (bicyclic) bond motifs is 1. The van der Waals surface area contributed by atoms with E-state index in [4.69, 9.17) is 4.74 Å². The Morgan fingerprint density at radius 2 is 2.00 bits per heavy atom. The molecule has 1 saturated carbocycles. The van der Waals surface area contributed by atoms with Crippen molar-refractivity contribution in [3.05, 3.63) is 59.2 Å². The molecule has 3 amide bonds. The average Bonchev–Trinajstić information content (AvgIpc) is 3.51. The van der Waals surface area contributed by atoms with Crippen molar-refractivity contribution in [2.75, 3.05) is 11.9 Å². The Bertz CT molecular complexity index is 859. The molecule has 27 heavy (non-hydrogen) atoms. The summed E-state index contributed by atoms with van der Waals surface area (Å²) < 4.78 is 5.35. The number of amides is 3. The van der Waals surface area contributed by atoms with E-state index in [-0.39, 0.29) is 24.6 Å². The highest BCUT2D eigenvalue weighted by atomic mass is 16.5. The van der Waals surface area contributed by atoms with Crippen molar-refractivity contribution >= 4 is 17.6 Å². The van der Waals surface area contributed by atoms with Gasteiger partial charge in [0.1, 0.15) is 5.75 Å². The number of benzene rings is 2. The van der Waals surface area contributed by atoms with Gasteiger partial charge in [0.25, 0.3) is 5.91 Å². The van der Waals surface area contributed by atoms with E-state index in [2.05, 4.69) is 40.2 Å². The lowest BCUT2D eigenvalue weighted by molar-refractivity contribution is -0.118. The van der Waals surface area contributed by atoms with Gasteiger partial charge in [-0.3, -0.25) is 4.79 Å². The van der Waals surface area contributed by atoms with Crippen LogP contribution in [0.15, 0.2) is 42.5 Å². The zero-order valence-corrected chi connectivity index (χ0v) is 15.2. The van der Waals surface area contributed by atoms with Gasteiger partial charge in [-0.1, -0.05) is 30.3 Å². The van der Waals surface area contributed by atoms with E-state index in [0.717, 1.165) is 17.0 Å². The lowest BCUT2D eigenvalue weighted by Gasteiger charge is -2.21. The normalized spacial score (nSPS) is 16.6. The maximum Gasteiger partial charge on any atom is 0.315 e. The van der Waals surface area contributed by atoms with Crippen LogP contribution in [0.2, 0.25) is 0 Å². The van der Waals surface area contributed by atoms with E-state index in [1.54, 1.807) is 0 Å². The van der Waals surface area contributed by atoms with Crippen LogP contribution in [0.4, 0.5) is 10.5 Å². The van der Waals surface area contributed by atoms with E-state index in [1.165, 1.54) is 18.4 Å². The van der Waals surface area contributed by atoms with Crippen LogP contribution in [0.3, 0.4) is 0 Å². The molecular weight excluding hydrogens is 342 g/mol. The van der Waals surface area contributed by atoms with Gasteiger partial charge in [0.05, 0.1) is 11.7 Å². The van der Waals surface area contributed by atoms with E-state index < -0.39 is 0 Å². The first-order valence-corrected chi connectivity index (χ1v) is 9.28. The monoisotopic (exact) mass is 365 g/mol. The fourth-order valence-corrected chi connectivity index (χ4v) is 3.21. The summed E-state index contributed by atoms with van der Waals surface area (Å²) in [5, 5.41) is 8.59. The summed E-state index contributed by atoms with van der Waals surface area (Å²) in [4.78, 5) is 23.7. The summed E-state index contributed by atoms with van der Waals surface area (Å²) >= 11 is 0. The molecule has 6 heteroatoms. The molecule has 0 radical (unpaired) electrons. The fraction of sp³-hybridized carbons (Fsp3) is 0.333. The minimum Gasteiger partial charge on any atom is -0.482 e. The first-order chi connectivity index (χ1) is 13.1. The summed E-state index contributed by atoms with van der Waals surface area (Å²) in [5.74, 6) is 1.21. The maximum absolute atomic E-state index is 12.2. The molecule has 0 aromatic heterocycles. The number of carbonyl (C=O) groups excluding carboxylic acids is 2. The Kier molecular flexibility index (Phi) is 4.71. The minimum atomic E-state index is -0.230. The molecular formula is C21H23N3O3. The highest BCUT2D eigenvalue weighted by Gasteiger charge is 2.23. The quantitative estimate of drug-likeness (QED) is 0.759. The number of hydrogen-bond donors (Lipinski definition) is 3. The molecule has 0 bridgehead atoms. The van der Waals surface area contributed by atoms with Crippen LogP contribution in [-0.2, 0) is 11.3 Å². The molecule has 1 heterocycles. The van der Waals surface area contributed by atoms with Crippen LogP contribution >= 0.6 is 0 Å². The lowest BCUT2D eigenvalue weighted by Crippen LogP contribution is -2.36. The molecule has 3 N–H and O–H groups in total. The first-order valence-electron chi connectivity index (χ1n) is 9.28. The highest BCUT2D eigenvalue weighted by molar-refractivity contribution is 5.95. The molecule has 4 rings (SSSR count). The SMILES string of the molecule is C[C@@H](NC(=O)NCc1ccc(C2CC2)cc1)c1ccc2c(c1)NC(=O)CO2. The molecule has 2 aliphatic rings.